The van der Waals surface area contributed by atoms with E-state index in [1.54, 1.807) is 6.26 Å². The quantitative estimate of drug-likeness (QED) is 0.560. The van der Waals surface area contributed by atoms with E-state index in [1.807, 2.05) is 18.2 Å². The third-order valence-corrected chi connectivity index (χ3v) is 3.81. The smallest absolute Gasteiger partial charge is 0.221 e. The fraction of sp³-hybridized carbons (Fsp3) is 0.278. The highest BCUT2D eigenvalue weighted by atomic mass is 16.3. The molecule has 1 aromatic carbocycles. The van der Waals surface area contributed by atoms with Crippen molar-refractivity contribution in [2.24, 2.45) is 0 Å². The standard InChI is InChI=1S/C18H21N3O2/c22-18(21-13-15-4-3-11-23-15)8-10-19-9-7-14-12-20-17-6-2-1-5-16(14)17/h1-6,11-12,19-20H,7-10,13H2,(H,21,22). The number of fused-ring (bicyclic) bond motifs is 1. The molecule has 0 spiro atoms. The molecule has 23 heavy (non-hydrogen) atoms. The molecule has 0 fully saturated rings. The molecule has 3 aromatic rings. The summed E-state index contributed by atoms with van der Waals surface area (Å²) in [5.41, 5.74) is 2.47. The predicted molar refractivity (Wildman–Crippen MR) is 90.0 cm³/mol. The minimum absolute atomic E-state index is 0.0287. The van der Waals surface area contributed by atoms with Crippen molar-refractivity contribution in [2.45, 2.75) is 19.4 Å². The lowest BCUT2D eigenvalue weighted by Crippen LogP contribution is -2.28. The van der Waals surface area contributed by atoms with Gasteiger partial charge >= 0.3 is 0 Å². The van der Waals surface area contributed by atoms with Crippen LogP contribution in [-0.4, -0.2) is 24.0 Å². The van der Waals surface area contributed by atoms with Crippen molar-refractivity contribution >= 4 is 16.8 Å². The number of H-pyrrole nitrogens is 1. The summed E-state index contributed by atoms with van der Waals surface area (Å²) in [4.78, 5) is 15.0. The van der Waals surface area contributed by atoms with Gasteiger partial charge in [0.15, 0.2) is 0 Å². The third-order valence-electron chi connectivity index (χ3n) is 3.81. The van der Waals surface area contributed by atoms with E-state index in [4.69, 9.17) is 4.42 Å². The molecule has 3 rings (SSSR count). The number of rotatable bonds is 8. The van der Waals surface area contributed by atoms with Crippen LogP contribution in [0.4, 0.5) is 0 Å². The summed E-state index contributed by atoms with van der Waals surface area (Å²) in [5, 5.41) is 7.42. The number of carbonyl (C=O) groups excluding carboxylic acids is 1. The molecule has 2 heterocycles. The second-order valence-corrected chi connectivity index (χ2v) is 5.47. The molecule has 5 nitrogen and oxygen atoms in total. The average molecular weight is 311 g/mol. The van der Waals surface area contributed by atoms with Crippen LogP contribution >= 0.6 is 0 Å². The molecule has 0 saturated heterocycles. The van der Waals surface area contributed by atoms with E-state index >= 15 is 0 Å². The Kier molecular flexibility index (Phi) is 5.11. The van der Waals surface area contributed by atoms with Crippen LogP contribution in [0.5, 0.6) is 0 Å². The minimum atomic E-state index is 0.0287. The van der Waals surface area contributed by atoms with Gasteiger partial charge < -0.3 is 20.0 Å². The first-order valence-electron chi connectivity index (χ1n) is 7.88. The van der Waals surface area contributed by atoms with Crippen molar-refractivity contribution in [3.8, 4) is 0 Å². The second-order valence-electron chi connectivity index (χ2n) is 5.47. The Labute approximate surface area is 135 Å². The zero-order valence-electron chi connectivity index (χ0n) is 13.0. The number of benzene rings is 1. The number of nitrogens with one attached hydrogen (secondary N) is 3. The normalized spacial score (nSPS) is 11.0. The zero-order valence-corrected chi connectivity index (χ0v) is 13.0. The number of hydrogen-bond donors (Lipinski definition) is 3. The van der Waals surface area contributed by atoms with Gasteiger partial charge in [-0.05, 0) is 36.7 Å². The molecule has 1 amide bonds. The first kappa shape index (κ1) is 15.4. The van der Waals surface area contributed by atoms with Gasteiger partial charge in [-0.15, -0.1) is 0 Å². The van der Waals surface area contributed by atoms with Crippen LogP contribution in [0.2, 0.25) is 0 Å². The summed E-state index contributed by atoms with van der Waals surface area (Å²) in [6.45, 7) is 1.97. The number of aromatic nitrogens is 1. The highest BCUT2D eigenvalue weighted by molar-refractivity contribution is 5.83. The lowest BCUT2D eigenvalue weighted by molar-refractivity contribution is -0.121. The Morgan fingerprint density at radius 3 is 2.91 bits per heavy atom. The van der Waals surface area contributed by atoms with Gasteiger partial charge in [-0.25, -0.2) is 0 Å². The molecule has 0 bridgehead atoms. The molecule has 3 N–H and O–H groups in total. The van der Waals surface area contributed by atoms with Gasteiger partial charge in [0.1, 0.15) is 5.76 Å². The Bertz CT molecular complexity index is 747. The van der Waals surface area contributed by atoms with Crippen LogP contribution in [0.15, 0.2) is 53.3 Å². The maximum absolute atomic E-state index is 11.7. The zero-order chi connectivity index (χ0) is 15.9. The Morgan fingerprint density at radius 1 is 1.13 bits per heavy atom. The van der Waals surface area contributed by atoms with E-state index in [9.17, 15) is 4.79 Å². The molecule has 0 unspecified atom stereocenters. The topological polar surface area (TPSA) is 70.1 Å². The monoisotopic (exact) mass is 311 g/mol. The molecule has 0 aliphatic carbocycles. The van der Waals surface area contributed by atoms with Crippen LogP contribution in [0.3, 0.4) is 0 Å². The first-order valence-corrected chi connectivity index (χ1v) is 7.88. The summed E-state index contributed by atoms with van der Waals surface area (Å²) in [6.07, 6.45) is 5.07. The maximum Gasteiger partial charge on any atom is 0.221 e. The van der Waals surface area contributed by atoms with E-state index in [0.29, 0.717) is 19.5 Å². The Morgan fingerprint density at radius 2 is 2.04 bits per heavy atom. The van der Waals surface area contributed by atoms with Gasteiger partial charge in [0.2, 0.25) is 5.91 Å². The van der Waals surface area contributed by atoms with Crippen molar-refractivity contribution in [3.63, 3.8) is 0 Å². The lowest BCUT2D eigenvalue weighted by Gasteiger charge is -2.05. The van der Waals surface area contributed by atoms with Gasteiger partial charge in [-0.3, -0.25) is 4.79 Å². The molecule has 120 valence electrons. The summed E-state index contributed by atoms with van der Waals surface area (Å²) < 4.78 is 5.17. The number of furan rings is 1. The van der Waals surface area contributed by atoms with Gasteiger partial charge in [-0.1, -0.05) is 18.2 Å². The van der Waals surface area contributed by atoms with Crippen molar-refractivity contribution in [1.29, 1.82) is 0 Å². The molecule has 0 atom stereocenters. The van der Waals surface area contributed by atoms with Crippen molar-refractivity contribution < 1.29 is 9.21 Å². The molecular formula is C18H21N3O2. The van der Waals surface area contributed by atoms with Crippen LogP contribution in [0.25, 0.3) is 10.9 Å². The van der Waals surface area contributed by atoms with Crippen LogP contribution in [0.1, 0.15) is 17.7 Å². The maximum atomic E-state index is 11.7. The third kappa shape index (κ3) is 4.23. The van der Waals surface area contributed by atoms with Crippen molar-refractivity contribution in [3.05, 3.63) is 60.2 Å². The summed E-state index contributed by atoms with van der Waals surface area (Å²) in [6, 6.07) is 11.9. The number of para-hydroxylation sites is 1. The average Bonchev–Trinajstić information content (AvgIpc) is 3.22. The number of hydrogen-bond acceptors (Lipinski definition) is 3. The largest absolute Gasteiger partial charge is 0.467 e. The van der Waals surface area contributed by atoms with Crippen molar-refractivity contribution in [1.82, 2.24) is 15.6 Å². The highest BCUT2D eigenvalue weighted by Crippen LogP contribution is 2.17. The van der Waals surface area contributed by atoms with E-state index < -0.39 is 0 Å². The SMILES string of the molecule is O=C(CCNCCc1c[nH]c2ccccc12)NCc1ccco1. The van der Waals surface area contributed by atoms with Crippen LogP contribution < -0.4 is 10.6 Å². The van der Waals surface area contributed by atoms with Crippen LogP contribution in [-0.2, 0) is 17.8 Å². The van der Waals surface area contributed by atoms with Gasteiger partial charge in [0.05, 0.1) is 12.8 Å². The molecule has 0 radical (unpaired) electrons. The molecule has 2 aromatic heterocycles. The highest BCUT2D eigenvalue weighted by Gasteiger charge is 2.04. The number of aromatic amines is 1. The molecule has 5 heteroatoms. The van der Waals surface area contributed by atoms with Crippen molar-refractivity contribution in [2.75, 3.05) is 13.1 Å². The minimum Gasteiger partial charge on any atom is -0.467 e. The summed E-state index contributed by atoms with van der Waals surface area (Å²) in [7, 11) is 0. The Hall–Kier alpha value is -2.53. The van der Waals surface area contributed by atoms with Gasteiger partial charge in [0.25, 0.3) is 0 Å². The lowest BCUT2D eigenvalue weighted by atomic mass is 10.1. The molecule has 0 aliphatic heterocycles. The Balaban J connectivity index is 1.33. The van der Waals surface area contributed by atoms with Gasteiger partial charge in [-0.2, -0.15) is 0 Å². The molecule has 0 aliphatic rings. The second kappa shape index (κ2) is 7.65. The van der Waals surface area contributed by atoms with Crippen LogP contribution in [0, 0.1) is 0 Å². The van der Waals surface area contributed by atoms with E-state index in [1.165, 1.54) is 16.5 Å². The van der Waals surface area contributed by atoms with E-state index in [-0.39, 0.29) is 5.91 Å². The van der Waals surface area contributed by atoms with E-state index in [0.717, 1.165) is 18.7 Å². The fourth-order valence-corrected chi connectivity index (χ4v) is 2.58. The molecular weight excluding hydrogens is 290 g/mol. The number of carbonyl (C=O) groups is 1. The predicted octanol–water partition coefficient (Wildman–Crippen LogP) is 2.60. The van der Waals surface area contributed by atoms with E-state index in [2.05, 4.69) is 40.0 Å². The van der Waals surface area contributed by atoms with Gasteiger partial charge in [0, 0.05) is 30.1 Å². The summed E-state index contributed by atoms with van der Waals surface area (Å²) in [5.74, 6) is 0.798. The summed E-state index contributed by atoms with van der Waals surface area (Å²) >= 11 is 0. The first-order chi connectivity index (χ1) is 11.3. The fourth-order valence-electron chi connectivity index (χ4n) is 2.58. The molecule has 0 saturated carbocycles. The number of amides is 1.